The molecule has 1 unspecified atom stereocenters. The number of aryl methyl sites for hydroxylation is 1. The summed E-state index contributed by atoms with van der Waals surface area (Å²) in [5.74, 6) is 2.62. The molecule has 1 amide bonds. The average molecular weight is 505 g/mol. The quantitative estimate of drug-likeness (QED) is 0.390. The van der Waals surface area contributed by atoms with Crippen LogP contribution in [-0.2, 0) is 24.2 Å². The van der Waals surface area contributed by atoms with Crippen LogP contribution < -0.4 is 9.47 Å². The third kappa shape index (κ3) is 6.56. The van der Waals surface area contributed by atoms with Crippen molar-refractivity contribution in [1.82, 2.24) is 9.80 Å². The zero-order valence-electron chi connectivity index (χ0n) is 23.6. The zero-order valence-corrected chi connectivity index (χ0v) is 23.6. The van der Waals surface area contributed by atoms with Crippen LogP contribution in [0.15, 0.2) is 42.0 Å². The van der Waals surface area contributed by atoms with E-state index in [1.165, 1.54) is 27.8 Å². The highest BCUT2D eigenvalue weighted by atomic mass is 16.5. The van der Waals surface area contributed by atoms with Crippen LogP contribution in [0.4, 0.5) is 0 Å². The fourth-order valence-corrected chi connectivity index (χ4v) is 5.98. The van der Waals surface area contributed by atoms with Crippen LogP contribution in [0.2, 0.25) is 0 Å². The van der Waals surface area contributed by atoms with Crippen molar-refractivity contribution in [1.29, 1.82) is 0 Å². The van der Waals surface area contributed by atoms with Gasteiger partial charge in [0.25, 0.3) is 0 Å². The van der Waals surface area contributed by atoms with Crippen molar-refractivity contribution in [2.75, 3.05) is 33.3 Å². The highest BCUT2D eigenvalue weighted by molar-refractivity contribution is 5.74. The van der Waals surface area contributed by atoms with Crippen molar-refractivity contribution < 1.29 is 14.3 Å². The van der Waals surface area contributed by atoms with E-state index in [1.807, 2.05) is 4.90 Å². The number of allylic oxidation sites excluding steroid dienone is 1. The van der Waals surface area contributed by atoms with Crippen LogP contribution in [0, 0.1) is 5.92 Å². The Morgan fingerprint density at radius 2 is 1.97 bits per heavy atom. The molecule has 2 aliphatic rings. The van der Waals surface area contributed by atoms with Gasteiger partial charge in [0.05, 0.1) is 7.11 Å². The van der Waals surface area contributed by atoms with Crippen LogP contribution in [0.3, 0.4) is 0 Å². The van der Waals surface area contributed by atoms with E-state index in [0.717, 1.165) is 68.9 Å². The van der Waals surface area contributed by atoms with Crippen molar-refractivity contribution in [3.63, 3.8) is 0 Å². The number of hydrogen-bond donors (Lipinski definition) is 0. The molecule has 5 heteroatoms. The summed E-state index contributed by atoms with van der Waals surface area (Å²) >= 11 is 0. The number of benzene rings is 2. The van der Waals surface area contributed by atoms with Gasteiger partial charge in [0.2, 0.25) is 5.91 Å². The Balaban J connectivity index is 1.39. The molecule has 0 saturated carbocycles. The Kier molecular flexibility index (Phi) is 8.96. The van der Waals surface area contributed by atoms with Gasteiger partial charge in [-0.25, -0.2) is 0 Å². The zero-order chi connectivity index (χ0) is 26.5. The van der Waals surface area contributed by atoms with E-state index in [-0.39, 0.29) is 5.91 Å². The maximum Gasteiger partial charge on any atom is 0.219 e. The lowest BCUT2D eigenvalue weighted by atomic mass is 9.86. The van der Waals surface area contributed by atoms with Crippen molar-refractivity contribution in [2.45, 2.75) is 73.0 Å². The molecule has 1 heterocycles. The van der Waals surface area contributed by atoms with E-state index in [9.17, 15) is 4.79 Å². The van der Waals surface area contributed by atoms with Crippen molar-refractivity contribution >= 4 is 11.5 Å². The molecular formula is C32H44N2O3. The molecule has 0 bridgehead atoms. The molecule has 0 N–H and O–H groups in total. The first-order chi connectivity index (χ1) is 17.8. The summed E-state index contributed by atoms with van der Waals surface area (Å²) in [6.07, 6.45) is 4.24. The standard InChI is InChI=1S/C32H44N2O3/c1-7-34(24(5)35)29-14-15-33(20-29)19-27-11-10-26-18-30(12-13-31(26)23(27)4)37-21-28-9-8-25(16-22(2)3)17-32(28)36-6/h8-9,12-13,17-18,22,29H,7,10-11,14-16,19-21H2,1-6H3. The minimum absolute atomic E-state index is 0.191. The average Bonchev–Trinajstić information content (AvgIpc) is 3.32. The summed E-state index contributed by atoms with van der Waals surface area (Å²) in [5, 5.41) is 0. The third-order valence-corrected chi connectivity index (χ3v) is 7.94. The lowest BCUT2D eigenvalue weighted by molar-refractivity contribution is -0.130. The minimum Gasteiger partial charge on any atom is -0.496 e. The number of ether oxygens (including phenoxy) is 2. The molecule has 2 aromatic rings. The SMILES string of the molecule is CCN(C(C)=O)C1CCN(CC2=C(C)c3ccc(OCc4ccc(CC(C)C)cc4OC)cc3CC2)C1. The second-order valence-corrected chi connectivity index (χ2v) is 11.1. The number of methoxy groups -OCH3 is 1. The largest absolute Gasteiger partial charge is 0.496 e. The maximum absolute atomic E-state index is 12.0. The molecule has 37 heavy (non-hydrogen) atoms. The van der Waals surface area contributed by atoms with Gasteiger partial charge in [-0.2, -0.15) is 0 Å². The van der Waals surface area contributed by atoms with Crippen molar-refractivity contribution in [3.05, 3.63) is 64.2 Å². The molecule has 4 rings (SSSR count). The number of nitrogens with zero attached hydrogens (tertiary/aromatic N) is 2. The number of amides is 1. The van der Waals surface area contributed by atoms with Crippen LogP contribution in [0.25, 0.3) is 5.57 Å². The Morgan fingerprint density at radius 1 is 1.16 bits per heavy atom. The van der Waals surface area contributed by atoms with Gasteiger partial charge in [-0.15, -0.1) is 0 Å². The van der Waals surface area contributed by atoms with E-state index in [2.05, 4.69) is 69.0 Å². The van der Waals surface area contributed by atoms with Gasteiger partial charge < -0.3 is 14.4 Å². The second-order valence-electron chi connectivity index (χ2n) is 11.1. The number of carbonyl (C=O) groups excluding carboxylic acids is 1. The number of likely N-dealkylation sites (N-methyl/N-ethyl adjacent to an activating group) is 1. The summed E-state index contributed by atoms with van der Waals surface area (Å²) in [6, 6.07) is 13.4. The number of rotatable bonds is 10. The van der Waals surface area contributed by atoms with Gasteiger partial charge in [0.1, 0.15) is 18.1 Å². The summed E-state index contributed by atoms with van der Waals surface area (Å²) < 4.78 is 11.9. The fraction of sp³-hybridized carbons (Fsp3) is 0.531. The number of carbonyl (C=O) groups is 1. The molecule has 1 aliphatic heterocycles. The van der Waals surface area contributed by atoms with Gasteiger partial charge >= 0.3 is 0 Å². The molecule has 1 saturated heterocycles. The predicted molar refractivity (Wildman–Crippen MR) is 151 cm³/mol. The second kappa shape index (κ2) is 12.2. The first-order valence-electron chi connectivity index (χ1n) is 13.9. The van der Waals surface area contributed by atoms with E-state index in [4.69, 9.17) is 9.47 Å². The Morgan fingerprint density at radius 3 is 2.68 bits per heavy atom. The number of fused-ring (bicyclic) bond motifs is 1. The molecule has 0 aromatic heterocycles. The van der Waals surface area contributed by atoms with Crippen LogP contribution in [0.5, 0.6) is 11.5 Å². The molecule has 1 atom stereocenters. The molecule has 200 valence electrons. The topological polar surface area (TPSA) is 42.0 Å². The molecule has 1 fully saturated rings. The van der Waals surface area contributed by atoms with E-state index in [0.29, 0.717) is 18.6 Å². The smallest absolute Gasteiger partial charge is 0.219 e. The summed E-state index contributed by atoms with van der Waals surface area (Å²) in [5.41, 5.74) is 8.01. The first-order valence-corrected chi connectivity index (χ1v) is 13.9. The summed E-state index contributed by atoms with van der Waals surface area (Å²) in [4.78, 5) is 16.5. The normalized spacial score (nSPS) is 17.8. The lowest BCUT2D eigenvalue weighted by Crippen LogP contribution is -2.40. The number of likely N-dealkylation sites (tertiary alicyclic amines) is 1. The van der Waals surface area contributed by atoms with Gasteiger partial charge in [-0.05, 0) is 85.9 Å². The molecule has 0 radical (unpaired) electrons. The summed E-state index contributed by atoms with van der Waals surface area (Å²) in [6.45, 7) is 14.8. The molecule has 5 nitrogen and oxygen atoms in total. The fourth-order valence-electron chi connectivity index (χ4n) is 5.98. The lowest BCUT2D eigenvalue weighted by Gasteiger charge is -2.28. The maximum atomic E-state index is 12.0. The van der Waals surface area contributed by atoms with E-state index in [1.54, 1.807) is 14.0 Å². The molecular weight excluding hydrogens is 460 g/mol. The monoisotopic (exact) mass is 504 g/mol. The van der Waals surface area contributed by atoms with Crippen LogP contribution in [0.1, 0.15) is 69.7 Å². The third-order valence-electron chi connectivity index (χ3n) is 7.94. The Bertz CT molecular complexity index is 1140. The molecule has 2 aromatic carbocycles. The van der Waals surface area contributed by atoms with Gasteiger partial charge in [-0.1, -0.05) is 37.6 Å². The summed E-state index contributed by atoms with van der Waals surface area (Å²) in [7, 11) is 1.73. The van der Waals surface area contributed by atoms with Gasteiger partial charge in [0.15, 0.2) is 0 Å². The molecule has 0 spiro atoms. The van der Waals surface area contributed by atoms with Crippen LogP contribution >= 0.6 is 0 Å². The van der Waals surface area contributed by atoms with Gasteiger partial charge in [-0.3, -0.25) is 9.69 Å². The van der Waals surface area contributed by atoms with Crippen LogP contribution in [-0.4, -0.2) is 55.0 Å². The van der Waals surface area contributed by atoms with Gasteiger partial charge in [0, 0.05) is 44.7 Å². The van der Waals surface area contributed by atoms with E-state index < -0.39 is 0 Å². The number of hydrogen-bond acceptors (Lipinski definition) is 4. The predicted octanol–water partition coefficient (Wildman–Crippen LogP) is 6.14. The van der Waals surface area contributed by atoms with E-state index >= 15 is 0 Å². The Labute approximate surface area is 223 Å². The highest BCUT2D eigenvalue weighted by Gasteiger charge is 2.29. The highest BCUT2D eigenvalue weighted by Crippen LogP contribution is 2.35. The Hall–Kier alpha value is -2.79. The van der Waals surface area contributed by atoms with Crippen molar-refractivity contribution in [2.24, 2.45) is 5.92 Å². The minimum atomic E-state index is 0.191. The first kappa shape index (κ1) is 27.3. The molecule has 1 aliphatic carbocycles. The van der Waals surface area contributed by atoms with Crippen molar-refractivity contribution in [3.8, 4) is 11.5 Å².